The molecule has 0 aliphatic rings. The minimum atomic E-state index is 0. The van der Waals surface area contributed by atoms with Gasteiger partial charge in [0.2, 0.25) is 0 Å². The van der Waals surface area contributed by atoms with Crippen molar-refractivity contribution >= 4 is 47.6 Å². The van der Waals surface area contributed by atoms with Crippen LogP contribution in [0.15, 0.2) is 30.3 Å². The molecular weight excluding hydrogens is 489 g/mol. The predicted molar refractivity (Wildman–Crippen MR) is 46.2 cm³/mol. The van der Waals surface area contributed by atoms with Gasteiger partial charge in [-0.1, -0.05) is 6.07 Å². The standard InChI is InChI=1S/C7H5Cl2.6ClH.Sb/c8-7(9)6-4-2-1-3-5-6;;;;;;;/h1-5H;6*1H;/q-1;;;;;;;+5/p-6. The van der Waals surface area contributed by atoms with E-state index in [4.69, 9.17) is 23.2 Å². The summed E-state index contributed by atoms with van der Waals surface area (Å²) < 4.78 is 0. The van der Waals surface area contributed by atoms with E-state index in [0.29, 0.717) is 4.84 Å². The number of benzene rings is 1. The molecule has 0 aliphatic heterocycles. The van der Waals surface area contributed by atoms with Crippen LogP contribution < -0.4 is 74.4 Å². The summed E-state index contributed by atoms with van der Waals surface area (Å²) in [4.78, 5) is 0.315. The van der Waals surface area contributed by atoms with Crippen LogP contribution in [-0.4, -0.2) is 24.4 Å². The van der Waals surface area contributed by atoms with E-state index in [1.165, 1.54) is 0 Å². The first-order valence-electron chi connectivity index (χ1n) is 2.54. The molecule has 0 saturated heterocycles. The molecule has 0 spiro atoms. The Hall–Kier alpha value is 2.23. The van der Waals surface area contributed by atoms with Gasteiger partial charge in [-0.2, -0.15) is 40.9 Å². The molecule has 0 aromatic heterocycles. The van der Waals surface area contributed by atoms with Crippen molar-refractivity contribution < 1.29 is 74.4 Å². The van der Waals surface area contributed by atoms with Crippen molar-refractivity contribution in [1.29, 1.82) is 0 Å². The molecule has 9 heteroatoms. The fourth-order valence-corrected chi connectivity index (χ4v) is 0.816. The molecule has 0 heterocycles. The van der Waals surface area contributed by atoms with Crippen LogP contribution in [0.25, 0.3) is 0 Å². The average molecular weight is 495 g/mol. The number of rotatable bonds is 1. The van der Waals surface area contributed by atoms with Gasteiger partial charge in [-0.05, 0) is 0 Å². The zero-order valence-electron chi connectivity index (χ0n) is 7.36. The molecule has 0 N–H and O–H groups in total. The van der Waals surface area contributed by atoms with Crippen molar-refractivity contribution in [1.82, 2.24) is 0 Å². The Morgan fingerprint density at radius 2 is 1.00 bits per heavy atom. The summed E-state index contributed by atoms with van der Waals surface area (Å²) in [6.07, 6.45) is 0. The smallest absolute Gasteiger partial charge is 1.00 e. The largest absolute Gasteiger partial charge is 5.00 e. The van der Waals surface area contributed by atoms with E-state index in [0.717, 1.165) is 5.56 Å². The van der Waals surface area contributed by atoms with Crippen LogP contribution >= 0.6 is 23.2 Å². The van der Waals surface area contributed by atoms with E-state index < -0.39 is 0 Å². The molecule has 1 rings (SSSR count). The van der Waals surface area contributed by atoms with E-state index in [2.05, 4.69) is 0 Å². The fraction of sp³-hybridized carbons (Fsp3) is 0. The van der Waals surface area contributed by atoms with Gasteiger partial charge in [0.15, 0.2) is 0 Å². The van der Waals surface area contributed by atoms with Gasteiger partial charge in [0.1, 0.15) is 0 Å². The van der Waals surface area contributed by atoms with Crippen LogP contribution in [0.1, 0.15) is 5.56 Å². The Bertz CT molecular complexity index is 183. The SMILES string of the molecule is Cl[C-](Cl)c1ccccc1.[Cl-].[Cl-].[Cl-].[Cl-].[Cl-].[Cl-].[Sb+5]. The maximum absolute atomic E-state index is 5.49. The van der Waals surface area contributed by atoms with E-state index in [9.17, 15) is 0 Å². The monoisotopic (exact) mass is 490 g/mol. The molecule has 0 radical (unpaired) electrons. The van der Waals surface area contributed by atoms with Gasteiger partial charge in [-0.15, -0.1) is 12.1 Å². The third-order valence-corrected chi connectivity index (χ3v) is 1.43. The van der Waals surface area contributed by atoms with Crippen LogP contribution in [0.5, 0.6) is 0 Å². The molecule has 0 fully saturated rings. The Labute approximate surface area is 161 Å². The second kappa shape index (κ2) is 25.9. The van der Waals surface area contributed by atoms with Crippen LogP contribution in [0, 0.1) is 4.84 Å². The maximum atomic E-state index is 5.49. The number of hydrogen-bond acceptors (Lipinski definition) is 0. The Kier molecular flexibility index (Phi) is 69.5. The zero-order valence-corrected chi connectivity index (χ0v) is 16.0. The topological polar surface area (TPSA) is 0 Å². The first kappa shape index (κ1) is 42.9. The van der Waals surface area contributed by atoms with Crippen molar-refractivity contribution in [3.05, 3.63) is 40.7 Å². The molecule has 0 bridgehead atoms. The normalized spacial score (nSPS) is 5.12. The number of hydrogen-bond donors (Lipinski definition) is 0. The summed E-state index contributed by atoms with van der Waals surface area (Å²) in [5.74, 6) is 0. The minimum absolute atomic E-state index is 0. The third kappa shape index (κ3) is 18.6. The van der Waals surface area contributed by atoms with E-state index >= 15 is 0 Å². The Morgan fingerprint density at radius 3 is 1.19 bits per heavy atom. The molecule has 1 aromatic rings. The molecule has 96 valence electrons. The summed E-state index contributed by atoms with van der Waals surface area (Å²) in [6, 6.07) is 9.41. The molecule has 0 saturated carbocycles. The van der Waals surface area contributed by atoms with Gasteiger partial charge >= 0.3 is 24.4 Å². The molecule has 0 nitrogen and oxygen atoms in total. The van der Waals surface area contributed by atoms with Crippen LogP contribution in [0.2, 0.25) is 0 Å². The van der Waals surface area contributed by atoms with Crippen molar-refractivity contribution in [2.24, 2.45) is 0 Å². The molecule has 0 atom stereocenters. The van der Waals surface area contributed by atoms with Crippen molar-refractivity contribution in [2.45, 2.75) is 0 Å². The maximum Gasteiger partial charge on any atom is 5.00 e. The van der Waals surface area contributed by atoms with E-state index in [1.54, 1.807) is 0 Å². The van der Waals surface area contributed by atoms with E-state index in [1.807, 2.05) is 30.3 Å². The Balaban J connectivity index is -0.0000000231. The van der Waals surface area contributed by atoms with Crippen LogP contribution in [0.3, 0.4) is 0 Å². The first-order chi connectivity index (χ1) is 4.30. The first-order valence-corrected chi connectivity index (χ1v) is 3.29. The van der Waals surface area contributed by atoms with Crippen molar-refractivity contribution in [3.8, 4) is 0 Å². The van der Waals surface area contributed by atoms with Gasteiger partial charge in [0, 0.05) is 4.84 Å². The van der Waals surface area contributed by atoms with Crippen LogP contribution in [0.4, 0.5) is 0 Å². The van der Waals surface area contributed by atoms with Gasteiger partial charge in [-0.3, -0.25) is 0 Å². The third-order valence-electron chi connectivity index (χ3n) is 0.992. The molecule has 0 amide bonds. The van der Waals surface area contributed by atoms with Gasteiger partial charge in [0.25, 0.3) is 0 Å². The second-order valence-electron chi connectivity index (χ2n) is 1.63. The second-order valence-corrected chi connectivity index (χ2v) is 2.58. The summed E-state index contributed by atoms with van der Waals surface area (Å²) in [5.41, 5.74) is 0.862. The summed E-state index contributed by atoms with van der Waals surface area (Å²) in [5, 5.41) is 0. The quantitative estimate of drug-likeness (QED) is 0.269. The Morgan fingerprint density at radius 1 is 0.688 bits per heavy atom. The zero-order chi connectivity index (χ0) is 6.69. The van der Waals surface area contributed by atoms with Gasteiger partial charge < -0.3 is 74.4 Å². The fourth-order valence-electron chi connectivity index (χ4n) is 0.564. The molecule has 0 unspecified atom stereocenters. The molecule has 1 aromatic carbocycles. The minimum Gasteiger partial charge on any atom is -1.00 e. The van der Waals surface area contributed by atoms with Gasteiger partial charge in [0.05, 0.1) is 0 Å². The van der Waals surface area contributed by atoms with Gasteiger partial charge in [-0.25, -0.2) is 0 Å². The molecule has 0 aliphatic carbocycles. The summed E-state index contributed by atoms with van der Waals surface area (Å²) >= 11 is 11.0. The molecule has 16 heavy (non-hydrogen) atoms. The number of halogens is 8. The molecular formula is C7H5Cl8Sb-2. The van der Waals surface area contributed by atoms with Crippen LogP contribution in [-0.2, 0) is 0 Å². The summed E-state index contributed by atoms with van der Waals surface area (Å²) in [7, 11) is 0. The average Bonchev–Trinajstić information content (AvgIpc) is 1.90. The van der Waals surface area contributed by atoms with Crippen molar-refractivity contribution in [2.75, 3.05) is 0 Å². The van der Waals surface area contributed by atoms with Crippen molar-refractivity contribution in [3.63, 3.8) is 0 Å². The summed E-state index contributed by atoms with van der Waals surface area (Å²) in [6.45, 7) is 0. The predicted octanol–water partition coefficient (Wildman–Crippen LogP) is -15.4. The van der Waals surface area contributed by atoms with E-state index in [-0.39, 0.29) is 98.9 Å².